The fraction of sp³-hybridized carbons (Fsp3) is 0.467. The van der Waals surface area contributed by atoms with E-state index in [2.05, 4.69) is 9.98 Å². The minimum atomic E-state index is -0.169. The first-order valence-electron chi connectivity index (χ1n) is 6.62. The van der Waals surface area contributed by atoms with Crippen LogP contribution >= 0.6 is 0 Å². The Morgan fingerprint density at radius 2 is 2.00 bits per heavy atom. The maximum absolute atomic E-state index is 13.2. The predicted octanol–water partition coefficient (Wildman–Crippen LogP) is 3.53. The average molecular weight is 244 g/mol. The van der Waals surface area contributed by atoms with Crippen LogP contribution in [0.5, 0.6) is 0 Å². The fourth-order valence-electron chi connectivity index (χ4n) is 2.78. The van der Waals surface area contributed by atoms with Crippen LogP contribution < -0.4 is 0 Å². The van der Waals surface area contributed by atoms with Crippen LogP contribution in [0.1, 0.15) is 36.8 Å². The summed E-state index contributed by atoms with van der Waals surface area (Å²) in [5.41, 5.74) is 2.81. The molecule has 0 N–H and O–H groups in total. The summed E-state index contributed by atoms with van der Waals surface area (Å²) in [6.07, 6.45) is 5.14. The van der Waals surface area contributed by atoms with Gasteiger partial charge in [-0.05, 0) is 49.4 Å². The van der Waals surface area contributed by atoms with Gasteiger partial charge in [0.2, 0.25) is 0 Å². The van der Waals surface area contributed by atoms with Gasteiger partial charge in [-0.15, -0.1) is 0 Å². The molecule has 18 heavy (non-hydrogen) atoms. The molecule has 3 rings (SSSR count). The Labute approximate surface area is 107 Å². The molecule has 1 aromatic carbocycles. The lowest BCUT2D eigenvalue weighted by atomic mass is 10.0. The Morgan fingerprint density at radius 1 is 1.22 bits per heavy atom. The first-order chi connectivity index (χ1) is 8.74. The lowest BCUT2D eigenvalue weighted by molar-refractivity contribution is 0.618. The molecule has 0 saturated heterocycles. The molecule has 94 valence electrons. The van der Waals surface area contributed by atoms with Gasteiger partial charge in [0.15, 0.2) is 5.84 Å². The summed E-state index contributed by atoms with van der Waals surface area (Å²) in [5.74, 6) is 1.24. The zero-order valence-electron chi connectivity index (χ0n) is 10.6. The molecule has 0 spiro atoms. The summed E-state index contributed by atoms with van der Waals surface area (Å²) < 4.78 is 13.2. The lowest BCUT2D eigenvalue weighted by Crippen LogP contribution is -2.11. The minimum absolute atomic E-state index is 0.169. The van der Waals surface area contributed by atoms with E-state index in [1.165, 1.54) is 37.5 Å². The SMILES string of the molecule is Cc1cc(C2=NCC(C3CCCC3)=N2)ccc1F. The summed E-state index contributed by atoms with van der Waals surface area (Å²) in [6, 6.07) is 5.09. The minimum Gasteiger partial charge on any atom is -0.260 e. The van der Waals surface area contributed by atoms with Crippen LogP contribution in [0.4, 0.5) is 4.39 Å². The third-order valence-electron chi connectivity index (χ3n) is 3.88. The summed E-state index contributed by atoms with van der Waals surface area (Å²) >= 11 is 0. The van der Waals surface area contributed by atoms with Crippen LogP contribution in [-0.2, 0) is 0 Å². The fourth-order valence-corrected chi connectivity index (χ4v) is 2.78. The molecule has 0 aromatic heterocycles. The molecule has 3 heteroatoms. The van der Waals surface area contributed by atoms with Crippen LogP contribution in [0.25, 0.3) is 0 Å². The molecular formula is C15H17FN2. The maximum Gasteiger partial charge on any atom is 0.154 e. The molecule has 0 radical (unpaired) electrons. The van der Waals surface area contributed by atoms with Crippen molar-refractivity contribution < 1.29 is 4.39 Å². The normalized spacial score (nSPS) is 20.1. The standard InChI is InChI=1S/C15H17FN2/c1-10-8-12(6-7-13(10)16)15-17-9-14(18-15)11-4-2-3-5-11/h6-8,11H,2-5,9H2,1H3. The van der Waals surface area contributed by atoms with E-state index in [9.17, 15) is 4.39 Å². The Morgan fingerprint density at radius 3 is 2.72 bits per heavy atom. The molecule has 2 aliphatic rings. The smallest absolute Gasteiger partial charge is 0.154 e. The Kier molecular flexibility index (Phi) is 2.98. The summed E-state index contributed by atoms with van der Waals surface area (Å²) in [6.45, 7) is 2.51. The summed E-state index contributed by atoms with van der Waals surface area (Å²) in [7, 11) is 0. The van der Waals surface area contributed by atoms with Gasteiger partial charge in [-0.2, -0.15) is 0 Å². The molecule has 0 amide bonds. The Hall–Kier alpha value is -1.51. The molecular weight excluding hydrogens is 227 g/mol. The summed E-state index contributed by atoms with van der Waals surface area (Å²) in [4.78, 5) is 9.15. The third kappa shape index (κ3) is 2.09. The van der Waals surface area contributed by atoms with Crippen LogP contribution in [0.15, 0.2) is 28.2 Å². The number of nitrogens with zero attached hydrogens (tertiary/aromatic N) is 2. The highest BCUT2D eigenvalue weighted by Crippen LogP contribution is 2.28. The van der Waals surface area contributed by atoms with Crippen molar-refractivity contribution in [2.45, 2.75) is 32.6 Å². The maximum atomic E-state index is 13.2. The van der Waals surface area contributed by atoms with E-state index in [4.69, 9.17) is 0 Å². The Bertz CT molecular complexity index is 525. The molecule has 0 atom stereocenters. The highest BCUT2D eigenvalue weighted by atomic mass is 19.1. The topological polar surface area (TPSA) is 24.7 Å². The van der Waals surface area contributed by atoms with Crippen molar-refractivity contribution in [3.8, 4) is 0 Å². The van der Waals surface area contributed by atoms with Crippen molar-refractivity contribution in [2.75, 3.05) is 6.54 Å². The van der Waals surface area contributed by atoms with Crippen molar-refractivity contribution in [2.24, 2.45) is 15.9 Å². The number of aryl methyl sites for hydroxylation is 1. The van der Waals surface area contributed by atoms with Crippen LogP contribution in [0.2, 0.25) is 0 Å². The quantitative estimate of drug-likeness (QED) is 0.760. The monoisotopic (exact) mass is 244 g/mol. The second-order valence-electron chi connectivity index (χ2n) is 5.19. The number of benzene rings is 1. The second-order valence-corrected chi connectivity index (χ2v) is 5.19. The number of rotatable bonds is 2. The van der Waals surface area contributed by atoms with Crippen molar-refractivity contribution in [3.05, 3.63) is 35.1 Å². The number of halogens is 1. The molecule has 1 fully saturated rings. The zero-order chi connectivity index (χ0) is 12.5. The molecule has 0 unspecified atom stereocenters. The van der Waals surface area contributed by atoms with Gasteiger partial charge in [0.1, 0.15) is 5.82 Å². The van der Waals surface area contributed by atoms with E-state index in [1.807, 2.05) is 6.07 Å². The second kappa shape index (κ2) is 4.63. The van der Waals surface area contributed by atoms with Crippen LogP contribution in [0, 0.1) is 18.7 Å². The van der Waals surface area contributed by atoms with Gasteiger partial charge in [0, 0.05) is 11.3 Å². The molecule has 1 aliphatic heterocycles. The Balaban J connectivity index is 1.83. The van der Waals surface area contributed by atoms with Gasteiger partial charge >= 0.3 is 0 Å². The van der Waals surface area contributed by atoms with Crippen molar-refractivity contribution in [1.29, 1.82) is 0 Å². The molecule has 1 aliphatic carbocycles. The predicted molar refractivity (Wildman–Crippen MR) is 71.9 cm³/mol. The van der Waals surface area contributed by atoms with Gasteiger partial charge in [-0.3, -0.25) is 4.99 Å². The molecule has 1 heterocycles. The summed E-state index contributed by atoms with van der Waals surface area (Å²) in [5, 5.41) is 0. The lowest BCUT2D eigenvalue weighted by Gasteiger charge is -2.06. The number of aliphatic imine (C=N–C) groups is 2. The highest BCUT2D eigenvalue weighted by molar-refractivity contribution is 6.12. The van der Waals surface area contributed by atoms with Gasteiger partial charge in [-0.1, -0.05) is 12.8 Å². The average Bonchev–Trinajstić information content (AvgIpc) is 3.01. The number of amidine groups is 1. The molecule has 1 saturated carbocycles. The van der Waals surface area contributed by atoms with Gasteiger partial charge < -0.3 is 0 Å². The van der Waals surface area contributed by atoms with Crippen LogP contribution in [-0.4, -0.2) is 18.1 Å². The van der Waals surface area contributed by atoms with E-state index < -0.39 is 0 Å². The van der Waals surface area contributed by atoms with E-state index in [-0.39, 0.29) is 5.82 Å². The van der Waals surface area contributed by atoms with E-state index >= 15 is 0 Å². The van der Waals surface area contributed by atoms with Gasteiger partial charge in [-0.25, -0.2) is 9.38 Å². The van der Waals surface area contributed by atoms with Crippen molar-refractivity contribution in [1.82, 2.24) is 0 Å². The van der Waals surface area contributed by atoms with Crippen molar-refractivity contribution in [3.63, 3.8) is 0 Å². The zero-order valence-corrected chi connectivity index (χ0v) is 10.6. The molecule has 2 nitrogen and oxygen atoms in total. The molecule has 1 aromatic rings. The molecule has 0 bridgehead atoms. The van der Waals surface area contributed by atoms with Crippen LogP contribution in [0.3, 0.4) is 0 Å². The van der Waals surface area contributed by atoms with Gasteiger partial charge in [0.25, 0.3) is 0 Å². The van der Waals surface area contributed by atoms with E-state index in [1.54, 1.807) is 13.0 Å². The van der Waals surface area contributed by atoms with Crippen molar-refractivity contribution >= 4 is 11.5 Å². The van der Waals surface area contributed by atoms with E-state index in [0.29, 0.717) is 11.5 Å². The first kappa shape index (κ1) is 11.6. The largest absolute Gasteiger partial charge is 0.260 e. The number of hydrogen-bond acceptors (Lipinski definition) is 2. The third-order valence-corrected chi connectivity index (χ3v) is 3.88. The van der Waals surface area contributed by atoms with E-state index in [0.717, 1.165) is 17.9 Å². The highest BCUT2D eigenvalue weighted by Gasteiger charge is 2.24. The first-order valence-corrected chi connectivity index (χ1v) is 6.62. The number of hydrogen-bond donors (Lipinski definition) is 0. The van der Waals surface area contributed by atoms with Gasteiger partial charge in [0.05, 0.1) is 6.54 Å².